The lowest BCUT2D eigenvalue weighted by atomic mass is 10.1. The molecular weight excluding hydrogens is 380 g/mol. The van der Waals surface area contributed by atoms with Gasteiger partial charge in [-0.25, -0.2) is 0 Å². The van der Waals surface area contributed by atoms with Crippen LogP contribution >= 0.6 is 0 Å². The van der Waals surface area contributed by atoms with Crippen LogP contribution in [0.2, 0.25) is 5.04 Å². The van der Waals surface area contributed by atoms with E-state index in [9.17, 15) is 5.11 Å². The third-order valence-corrected chi connectivity index (χ3v) is 10.1. The summed E-state index contributed by atoms with van der Waals surface area (Å²) in [5.74, 6) is 0. The first-order valence-corrected chi connectivity index (χ1v) is 11.9. The molecule has 2 aromatic rings. The zero-order chi connectivity index (χ0) is 21.3. The summed E-state index contributed by atoms with van der Waals surface area (Å²) in [5.41, 5.74) is 0. The van der Waals surface area contributed by atoms with Crippen molar-refractivity contribution in [1.29, 1.82) is 0 Å². The Balaban J connectivity index is 2.41. The lowest BCUT2D eigenvalue weighted by molar-refractivity contribution is -0.118. The first kappa shape index (κ1) is 23.5. The van der Waals surface area contributed by atoms with Gasteiger partial charge in [0, 0.05) is 7.11 Å². The summed E-state index contributed by atoms with van der Waals surface area (Å²) in [4.78, 5) is 0. The predicted octanol–water partition coefficient (Wildman–Crippen LogP) is 3.49. The Morgan fingerprint density at radius 1 is 1.00 bits per heavy atom. The highest BCUT2D eigenvalue weighted by Gasteiger charge is 2.50. The molecule has 2 atom stereocenters. The van der Waals surface area contributed by atoms with Crippen LogP contribution in [0, 0.1) is 0 Å². The summed E-state index contributed by atoms with van der Waals surface area (Å²) in [5, 5.41) is 13.1. The number of methoxy groups -OCH3 is 1. The van der Waals surface area contributed by atoms with Crippen molar-refractivity contribution >= 4 is 18.7 Å². The highest BCUT2D eigenvalue weighted by Crippen LogP contribution is 2.36. The number of benzene rings is 2. The lowest BCUT2D eigenvalue weighted by Gasteiger charge is -2.43. The number of hydrogen-bond donors (Lipinski definition) is 1. The van der Waals surface area contributed by atoms with Crippen LogP contribution in [0.25, 0.3) is 0 Å². The van der Waals surface area contributed by atoms with Crippen LogP contribution in [-0.4, -0.2) is 46.1 Å². The third-order valence-electron chi connectivity index (χ3n) is 5.12. The van der Waals surface area contributed by atoms with E-state index >= 15 is 0 Å². The Morgan fingerprint density at radius 3 is 1.93 bits per heavy atom. The van der Waals surface area contributed by atoms with Gasteiger partial charge in [-0.2, -0.15) is 0 Å². The largest absolute Gasteiger partial charge is 0.405 e. The van der Waals surface area contributed by atoms with Crippen molar-refractivity contribution in [3.05, 3.63) is 73.3 Å². The smallest absolute Gasteiger partial charge is 0.261 e. The molecule has 0 aliphatic rings. The number of hydrogen-bond acceptors (Lipinski definition) is 4. The second-order valence-electron chi connectivity index (χ2n) is 8.18. The van der Waals surface area contributed by atoms with E-state index in [-0.39, 0.29) is 18.4 Å². The molecule has 0 aromatic heterocycles. The molecular formula is C24H34O4Si. The summed E-state index contributed by atoms with van der Waals surface area (Å²) in [6.07, 6.45) is 1.05. The minimum atomic E-state index is -2.68. The fourth-order valence-electron chi connectivity index (χ4n) is 3.74. The zero-order valence-corrected chi connectivity index (χ0v) is 19.0. The van der Waals surface area contributed by atoms with Gasteiger partial charge in [0.15, 0.2) is 0 Å². The Kier molecular flexibility index (Phi) is 8.80. The minimum Gasteiger partial charge on any atom is -0.405 e. The molecule has 158 valence electrons. The highest BCUT2D eigenvalue weighted by molar-refractivity contribution is 6.99. The predicted molar refractivity (Wildman–Crippen MR) is 121 cm³/mol. The first-order chi connectivity index (χ1) is 13.9. The molecule has 1 N–H and O–H groups in total. The van der Waals surface area contributed by atoms with E-state index in [4.69, 9.17) is 13.9 Å². The summed E-state index contributed by atoms with van der Waals surface area (Å²) in [6.45, 7) is 10.7. The van der Waals surface area contributed by atoms with Crippen LogP contribution in [0.3, 0.4) is 0 Å². The van der Waals surface area contributed by atoms with Crippen LogP contribution in [0.1, 0.15) is 27.2 Å². The topological polar surface area (TPSA) is 47.9 Å². The third kappa shape index (κ3) is 5.65. The van der Waals surface area contributed by atoms with Crippen LogP contribution in [-0.2, 0) is 13.9 Å². The van der Waals surface area contributed by atoms with E-state index in [1.54, 1.807) is 13.2 Å². The van der Waals surface area contributed by atoms with Gasteiger partial charge in [0.1, 0.15) is 12.9 Å². The molecule has 0 saturated heterocycles. The maximum Gasteiger partial charge on any atom is 0.261 e. The first-order valence-electron chi connectivity index (χ1n) is 10.0. The molecule has 2 rings (SSSR count). The molecule has 0 fully saturated rings. The SMILES string of the molecule is C=CC[C@H](OCOC)[C@H](O)CO[Si](c1ccccc1)(c1ccccc1)C(C)(C)C. The van der Waals surface area contributed by atoms with Gasteiger partial charge in [-0.05, 0) is 21.8 Å². The second-order valence-corrected chi connectivity index (χ2v) is 12.5. The molecule has 5 heteroatoms. The van der Waals surface area contributed by atoms with Gasteiger partial charge < -0.3 is 19.0 Å². The highest BCUT2D eigenvalue weighted by atomic mass is 28.4. The Labute approximate surface area is 176 Å². The van der Waals surface area contributed by atoms with Crippen LogP contribution in [0.15, 0.2) is 73.3 Å². The minimum absolute atomic E-state index is 0.120. The van der Waals surface area contributed by atoms with Gasteiger partial charge in [0.05, 0.1) is 12.7 Å². The lowest BCUT2D eigenvalue weighted by Crippen LogP contribution is -2.67. The summed E-state index contributed by atoms with van der Waals surface area (Å²) in [7, 11) is -1.12. The van der Waals surface area contributed by atoms with Gasteiger partial charge in [-0.1, -0.05) is 87.5 Å². The van der Waals surface area contributed by atoms with Gasteiger partial charge >= 0.3 is 0 Å². The standard InChI is InChI=1S/C24H34O4Si/c1-6-13-23(27-19-26-5)22(25)18-28-29(24(2,3)4,20-14-9-7-10-15-20)21-16-11-8-12-17-21/h6-12,14-17,22-23,25H,1,13,18-19H2,2-5H3/t22-,23+/m1/s1. The molecule has 0 aliphatic carbocycles. The van der Waals surface area contributed by atoms with Gasteiger partial charge in [-0.15, -0.1) is 6.58 Å². The van der Waals surface area contributed by atoms with Crippen molar-refractivity contribution in [3.8, 4) is 0 Å². The number of aliphatic hydroxyl groups excluding tert-OH is 1. The summed E-state index contributed by atoms with van der Waals surface area (Å²) in [6, 6.07) is 20.8. The van der Waals surface area contributed by atoms with Crippen LogP contribution < -0.4 is 10.4 Å². The normalized spacial score (nSPS) is 14.4. The average molecular weight is 415 g/mol. The quantitative estimate of drug-likeness (QED) is 0.347. The van der Waals surface area contributed by atoms with Crippen LogP contribution in [0.4, 0.5) is 0 Å². The Morgan fingerprint density at radius 2 is 1.52 bits per heavy atom. The molecule has 0 bridgehead atoms. The fraction of sp³-hybridized carbons (Fsp3) is 0.417. The van der Waals surface area contributed by atoms with Crippen molar-refractivity contribution < 1.29 is 19.0 Å². The summed E-state index contributed by atoms with van der Waals surface area (Å²) >= 11 is 0. The Hall–Kier alpha value is -1.76. The molecule has 29 heavy (non-hydrogen) atoms. The van der Waals surface area contributed by atoms with Crippen LogP contribution in [0.5, 0.6) is 0 Å². The molecule has 0 unspecified atom stereocenters. The number of aliphatic hydroxyl groups is 1. The van der Waals surface area contributed by atoms with Crippen molar-refractivity contribution in [1.82, 2.24) is 0 Å². The number of rotatable bonds is 11. The van der Waals surface area contributed by atoms with Crippen molar-refractivity contribution in [2.45, 2.75) is 44.4 Å². The summed E-state index contributed by atoms with van der Waals surface area (Å²) < 4.78 is 17.4. The molecule has 0 radical (unpaired) electrons. The van der Waals surface area contributed by atoms with Crippen molar-refractivity contribution in [2.75, 3.05) is 20.5 Å². The van der Waals surface area contributed by atoms with Gasteiger partial charge in [0.2, 0.25) is 0 Å². The van der Waals surface area contributed by atoms with Gasteiger partial charge in [-0.3, -0.25) is 0 Å². The number of ether oxygens (including phenoxy) is 2. The van der Waals surface area contributed by atoms with E-state index in [0.29, 0.717) is 6.42 Å². The average Bonchev–Trinajstić information content (AvgIpc) is 2.72. The second kappa shape index (κ2) is 10.9. The molecule has 2 aromatic carbocycles. The molecule has 0 amide bonds. The maximum absolute atomic E-state index is 10.9. The van der Waals surface area contributed by atoms with E-state index in [0.717, 1.165) is 0 Å². The van der Waals surface area contributed by atoms with E-state index < -0.39 is 20.5 Å². The zero-order valence-electron chi connectivity index (χ0n) is 18.0. The monoisotopic (exact) mass is 414 g/mol. The van der Waals surface area contributed by atoms with E-state index in [1.807, 2.05) is 36.4 Å². The van der Waals surface area contributed by atoms with Crippen molar-refractivity contribution in [3.63, 3.8) is 0 Å². The molecule has 0 saturated carbocycles. The van der Waals surface area contributed by atoms with E-state index in [2.05, 4.69) is 51.6 Å². The molecule has 0 heterocycles. The molecule has 0 aliphatic heterocycles. The van der Waals surface area contributed by atoms with E-state index in [1.165, 1.54) is 10.4 Å². The maximum atomic E-state index is 10.9. The molecule has 4 nitrogen and oxygen atoms in total. The Bertz CT molecular complexity index is 688. The van der Waals surface area contributed by atoms with Crippen molar-refractivity contribution in [2.24, 2.45) is 0 Å². The van der Waals surface area contributed by atoms with Gasteiger partial charge in [0.25, 0.3) is 8.32 Å². The fourth-order valence-corrected chi connectivity index (χ4v) is 8.31. The molecule has 0 spiro atoms.